The number of aryl methyl sites for hydroxylation is 1. The number of anilines is 1. The van der Waals surface area contributed by atoms with E-state index in [1.807, 2.05) is 35.2 Å². The van der Waals surface area contributed by atoms with Crippen LogP contribution >= 0.6 is 11.6 Å². The number of rotatable bonds is 10. The van der Waals surface area contributed by atoms with Crippen LogP contribution in [0.5, 0.6) is 0 Å². The van der Waals surface area contributed by atoms with E-state index < -0.39 is 17.7 Å². The molecule has 0 spiro atoms. The fraction of sp³-hybridized carbons (Fsp3) is 0.345. The largest absolute Gasteiger partial charge is 0.395 e. The number of methoxy groups -OCH3 is 1. The molecule has 3 atom stereocenters. The Bertz CT molecular complexity index is 1530. The van der Waals surface area contributed by atoms with Crippen LogP contribution in [0.25, 0.3) is 16.9 Å². The van der Waals surface area contributed by atoms with Crippen molar-refractivity contribution in [1.29, 1.82) is 0 Å². The van der Waals surface area contributed by atoms with E-state index in [4.69, 9.17) is 16.3 Å². The first-order valence-electron chi connectivity index (χ1n) is 13.5. The van der Waals surface area contributed by atoms with Crippen LogP contribution < -0.4 is 10.6 Å². The third-order valence-electron chi connectivity index (χ3n) is 7.49. The van der Waals surface area contributed by atoms with Gasteiger partial charge >= 0.3 is 6.03 Å². The molecule has 3 heterocycles. The van der Waals surface area contributed by atoms with Crippen molar-refractivity contribution in [3.05, 3.63) is 83.1 Å². The van der Waals surface area contributed by atoms with Gasteiger partial charge in [-0.05, 0) is 35.7 Å². The maximum atomic E-state index is 14.1. The molecule has 1 aliphatic rings. The molecule has 2 aromatic carbocycles. The van der Waals surface area contributed by atoms with Crippen molar-refractivity contribution in [2.24, 2.45) is 13.0 Å². The van der Waals surface area contributed by atoms with E-state index in [0.717, 1.165) is 6.07 Å². The first kappa shape index (κ1) is 29.6. The minimum absolute atomic E-state index is 0.125. The van der Waals surface area contributed by atoms with Crippen LogP contribution in [-0.4, -0.2) is 81.6 Å². The summed E-state index contributed by atoms with van der Waals surface area (Å²) >= 11 is 6.75. The van der Waals surface area contributed by atoms with Crippen LogP contribution in [0, 0.1) is 17.6 Å². The topological polar surface area (TPSA) is 109 Å². The second-order valence-electron chi connectivity index (χ2n) is 10.3. The minimum atomic E-state index is -0.931. The molecule has 1 fully saturated rings. The fourth-order valence-corrected chi connectivity index (χ4v) is 5.64. The van der Waals surface area contributed by atoms with E-state index in [1.165, 1.54) is 6.07 Å². The number of amides is 2. The number of likely N-dealkylation sites (tertiary alicyclic amines) is 1. The Labute approximate surface area is 246 Å². The number of urea groups is 1. The highest BCUT2D eigenvalue weighted by Crippen LogP contribution is 2.36. The zero-order valence-electron chi connectivity index (χ0n) is 23.2. The van der Waals surface area contributed by atoms with Gasteiger partial charge in [0.15, 0.2) is 17.5 Å². The van der Waals surface area contributed by atoms with Crippen molar-refractivity contribution < 1.29 is 23.4 Å². The quantitative estimate of drug-likeness (QED) is 0.254. The summed E-state index contributed by atoms with van der Waals surface area (Å²) < 4.78 is 36.3. The summed E-state index contributed by atoms with van der Waals surface area (Å²) in [5.74, 6) is -1.95. The molecule has 13 heteroatoms. The number of aliphatic hydroxyl groups is 1. The Hall–Kier alpha value is -3.84. The molecule has 0 bridgehead atoms. The third-order valence-corrected chi connectivity index (χ3v) is 7.85. The molecule has 42 heavy (non-hydrogen) atoms. The number of hydrogen-bond acceptors (Lipinski definition) is 6. The van der Waals surface area contributed by atoms with Crippen molar-refractivity contribution >= 4 is 23.4 Å². The lowest BCUT2D eigenvalue weighted by Gasteiger charge is -2.25. The molecule has 0 aliphatic carbocycles. The second-order valence-corrected chi connectivity index (χ2v) is 10.7. The Morgan fingerprint density at radius 3 is 2.64 bits per heavy atom. The Morgan fingerprint density at radius 1 is 1.19 bits per heavy atom. The van der Waals surface area contributed by atoms with E-state index >= 15 is 0 Å². The Morgan fingerprint density at radius 2 is 1.98 bits per heavy atom. The summed E-state index contributed by atoms with van der Waals surface area (Å²) in [5, 5.41) is 24.8. The highest BCUT2D eigenvalue weighted by Gasteiger charge is 2.37. The van der Waals surface area contributed by atoms with Gasteiger partial charge in [-0.1, -0.05) is 35.9 Å². The van der Waals surface area contributed by atoms with Gasteiger partial charge in [-0.15, -0.1) is 0 Å². The Balaban J connectivity index is 1.36. The van der Waals surface area contributed by atoms with Crippen LogP contribution in [-0.2, 0) is 11.8 Å². The van der Waals surface area contributed by atoms with Crippen LogP contribution in [0.2, 0.25) is 5.02 Å². The normalized spacial score (nSPS) is 17.9. The summed E-state index contributed by atoms with van der Waals surface area (Å²) in [5.41, 5.74) is 2.46. The van der Waals surface area contributed by atoms with Crippen LogP contribution in [0.4, 0.5) is 19.4 Å². The van der Waals surface area contributed by atoms with E-state index in [9.17, 15) is 18.7 Å². The van der Waals surface area contributed by atoms with Crippen LogP contribution in [0.3, 0.4) is 0 Å². The zero-order valence-corrected chi connectivity index (χ0v) is 23.9. The average molecular weight is 600 g/mol. The highest BCUT2D eigenvalue weighted by atomic mass is 35.5. The van der Waals surface area contributed by atoms with Crippen molar-refractivity contribution in [3.63, 3.8) is 0 Å². The maximum absolute atomic E-state index is 14.1. The van der Waals surface area contributed by atoms with Crippen molar-refractivity contribution in [2.75, 3.05) is 45.3 Å². The molecule has 4 aromatic rings. The lowest BCUT2D eigenvalue weighted by Crippen LogP contribution is -2.40. The number of aliphatic hydroxyl groups excluding tert-OH is 1. The summed E-state index contributed by atoms with van der Waals surface area (Å²) in [6.45, 7) is 1.40. The van der Waals surface area contributed by atoms with Gasteiger partial charge < -0.3 is 15.2 Å². The number of ether oxygens (including phenoxy) is 1. The van der Waals surface area contributed by atoms with Gasteiger partial charge in [-0.3, -0.25) is 14.9 Å². The number of hydrogen-bond donors (Lipinski definition) is 3. The second kappa shape index (κ2) is 13.0. The smallest absolute Gasteiger partial charge is 0.320 e. The zero-order chi connectivity index (χ0) is 29.8. The number of carbonyl (C=O) groups excluding carboxylic acids is 1. The monoisotopic (exact) mass is 599 g/mol. The van der Waals surface area contributed by atoms with Gasteiger partial charge in [0.2, 0.25) is 0 Å². The van der Waals surface area contributed by atoms with Gasteiger partial charge in [0.25, 0.3) is 0 Å². The molecule has 1 saturated heterocycles. The van der Waals surface area contributed by atoms with Gasteiger partial charge in [0.05, 0.1) is 31.1 Å². The van der Waals surface area contributed by atoms with Gasteiger partial charge in [0, 0.05) is 51.5 Å². The molecule has 10 nitrogen and oxygen atoms in total. The molecule has 1 aliphatic heterocycles. The maximum Gasteiger partial charge on any atom is 0.320 e. The lowest BCUT2D eigenvalue weighted by molar-refractivity contribution is 0.0632. The van der Waals surface area contributed by atoms with Gasteiger partial charge in [-0.2, -0.15) is 10.2 Å². The van der Waals surface area contributed by atoms with Crippen LogP contribution in [0.1, 0.15) is 11.5 Å². The standard InChI is InChI=1S/C29H32ClF2N7O3/c1-37-13-20(12-34-37)27-26(30)28(39(36-27)21-6-4-3-5-7-21)35-29(41)33-11-19-14-38(22(16-40)17-42-2)15-23(19)18-8-9-24(31)25(32)10-18/h3-10,12-13,19,22-23,40H,11,14-17H2,1-2H3,(H2,33,35,41)/t19?,22?,23-/m0/s1. The first-order chi connectivity index (χ1) is 20.3. The third kappa shape index (κ3) is 6.31. The molecule has 2 aromatic heterocycles. The molecular formula is C29H32ClF2N7O3. The van der Waals surface area contributed by atoms with E-state index in [1.54, 1.807) is 42.0 Å². The van der Waals surface area contributed by atoms with Gasteiger partial charge in [-0.25, -0.2) is 18.3 Å². The van der Waals surface area contributed by atoms with E-state index in [-0.39, 0.29) is 41.9 Å². The highest BCUT2D eigenvalue weighted by molar-refractivity contribution is 6.36. The summed E-state index contributed by atoms with van der Waals surface area (Å²) in [6.07, 6.45) is 3.42. The molecule has 222 valence electrons. The molecule has 3 N–H and O–H groups in total. The van der Waals surface area contributed by atoms with Gasteiger partial charge in [0.1, 0.15) is 10.7 Å². The SMILES string of the molecule is COCC(CO)N1CC(CNC(=O)Nc2c(Cl)c(-c3cnn(C)c3)nn2-c2ccccc2)[C@H](c2ccc(F)c(F)c2)C1. The number of halogens is 3. The average Bonchev–Trinajstić information content (AvgIpc) is 3.70. The number of benzene rings is 2. The summed E-state index contributed by atoms with van der Waals surface area (Å²) in [6, 6.07) is 12.3. The number of carbonyl (C=O) groups is 1. The molecule has 2 amide bonds. The van der Waals surface area contributed by atoms with Crippen molar-refractivity contribution in [2.45, 2.75) is 12.0 Å². The van der Waals surface area contributed by atoms with Crippen molar-refractivity contribution in [3.8, 4) is 16.9 Å². The number of para-hydroxylation sites is 1. The lowest BCUT2D eigenvalue weighted by atomic mass is 9.89. The van der Waals surface area contributed by atoms with E-state index in [2.05, 4.69) is 20.8 Å². The van der Waals surface area contributed by atoms with E-state index in [0.29, 0.717) is 42.2 Å². The molecule has 0 radical (unpaired) electrons. The predicted octanol–water partition coefficient (Wildman–Crippen LogP) is 4.05. The molecule has 5 rings (SSSR count). The molecule has 0 saturated carbocycles. The van der Waals surface area contributed by atoms with Crippen LogP contribution in [0.15, 0.2) is 60.9 Å². The number of aromatic nitrogens is 4. The number of nitrogens with one attached hydrogen (secondary N) is 2. The number of nitrogens with zero attached hydrogens (tertiary/aromatic N) is 5. The summed E-state index contributed by atoms with van der Waals surface area (Å²) in [7, 11) is 3.34. The fourth-order valence-electron chi connectivity index (χ4n) is 5.36. The Kier molecular flexibility index (Phi) is 9.17. The van der Waals surface area contributed by atoms with Crippen molar-refractivity contribution in [1.82, 2.24) is 29.8 Å². The first-order valence-corrected chi connectivity index (χ1v) is 13.8. The molecular weight excluding hydrogens is 568 g/mol. The minimum Gasteiger partial charge on any atom is -0.395 e. The summed E-state index contributed by atoms with van der Waals surface area (Å²) in [4.78, 5) is 15.3. The molecule has 2 unspecified atom stereocenters. The predicted molar refractivity (Wildman–Crippen MR) is 155 cm³/mol.